The van der Waals surface area contributed by atoms with Crippen LogP contribution in [0.3, 0.4) is 0 Å². The van der Waals surface area contributed by atoms with E-state index in [4.69, 9.17) is 4.42 Å². The van der Waals surface area contributed by atoms with Gasteiger partial charge in [-0.1, -0.05) is 18.2 Å². The molecule has 0 unspecified atom stereocenters. The molecular formula is C19H19FN6O2. The van der Waals surface area contributed by atoms with Gasteiger partial charge in [0.25, 0.3) is 5.91 Å². The van der Waals surface area contributed by atoms with Gasteiger partial charge in [0.05, 0.1) is 12.5 Å². The number of hydrogen-bond donors (Lipinski definition) is 1. The van der Waals surface area contributed by atoms with Crippen molar-refractivity contribution in [3.8, 4) is 0 Å². The monoisotopic (exact) mass is 382 g/mol. The number of carbonyl (C=O) groups excluding carboxylic acids is 1. The third-order valence-corrected chi connectivity index (χ3v) is 4.56. The number of amides is 1. The van der Waals surface area contributed by atoms with Gasteiger partial charge < -0.3 is 19.5 Å². The van der Waals surface area contributed by atoms with Crippen LogP contribution in [0.2, 0.25) is 0 Å². The summed E-state index contributed by atoms with van der Waals surface area (Å²) >= 11 is 0. The fourth-order valence-corrected chi connectivity index (χ4v) is 3.03. The summed E-state index contributed by atoms with van der Waals surface area (Å²) < 4.78 is 18.9. The minimum Gasteiger partial charge on any atom is -0.459 e. The van der Waals surface area contributed by atoms with Gasteiger partial charge in [0, 0.05) is 38.3 Å². The molecule has 1 saturated heterocycles. The zero-order valence-corrected chi connectivity index (χ0v) is 15.1. The molecule has 4 rings (SSSR count). The molecule has 28 heavy (non-hydrogen) atoms. The molecule has 1 aromatic carbocycles. The van der Waals surface area contributed by atoms with Crippen LogP contribution in [0.15, 0.2) is 53.3 Å². The fraction of sp³-hybridized carbons (Fsp3) is 0.263. The van der Waals surface area contributed by atoms with Crippen molar-refractivity contribution in [2.24, 2.45) is 0 Å². The maximum atomic E-state index is 13.7. The Hall–Kier alpha value is -3.49. The lowest BCUT2D eigenvalue weighted by Gasteiger charge is -2.34. The Morgan fingerprint density at radius 3 is 2.71 bits per heavy atom. The number of piperazine rings is 1. The zero-order valence-electron chi connectivity index (χ0n) is 15.1. The van der Waals surface area contributed by atoms with Crippen LogP contribution < -0.4 is 10.2 Å². The summed E-state index contributed by atoms with van der Waals surface area (Å²) in [6.07, 6.45) is 3.07. The molecule has 0 radical (unpaired) electrons. The van der Waals surface area contributed by atoms with Crippen molar-refractivity contribution in [2.45, 2.75) is 6.54 Å². The summed E-state index contributed by atoms with van der Waals surface area (Å²) in [5, 5.41) is 10.9. The molecule has 144 valence electrons. The molecule has 8 nitrogen and oxygen atoms in total. The quantitative estimate of drug-likeness (QED) is 0.724. The van der Waals surface area contributed by atoms with Gasteiger partial charge in [0.15, 0.2) is 11.6 Å². The highest BCUT2D eigenvalue weighted by molar-refractivity contribution is 5.91. The molecule has 9 heteroatoms. The lowest BCUT2D eigenvalue weighted by molar-refractivity contribution is 0.0714. The highest BCUT2D eigenvalue weighted by Crippen LogP contribution is 2.16. The van der Waals surface area contributed by atoms with Crippen molar-refractivity contribution >= 4 is 17.7 Å². The Bertz CT molecular complexity index is 941. The Labute approximate surface area is 161 Å². The first-order chi connectivity index (χ1) is 13.7. The van der Waals surface area contributed by atoms with Crippen LogP contribution >= 0.6 is 0 Å². The first-order valence-corrected chi connectivity index (χ1v) is 8.95. The molecule has 3 heterocycles. The molecule has 1 N–H and O–H groups in total. The smallest absolute Gasteiger partial charge is 0.289 e. The van der Waals surface area contributed by atoms with E-state index in [9.17, 15) is 9.18 Å². The van der Waals surface area contributed by atoms with Gasteiger partial charge in [-0.25, -0.2) is 4.39 Å². The van der Waals surface area contributed by atoms with Crippen molar-refractivity contribution in [1.82, 2.24) is 20.1 Å². The van der Waals surface area contributed by atoms with Crippen LogP contribution in [0.5, 0.6) is 0 Å². The number of hydrogen-bond acceptors (Lipinski definition) is 7. The van der Waals surface area contributed by atoms with Gasteiger partial charge in [-0.2, -0.15) is 10.1 Å². The number of aromatic nitrogens is 3. The molecule has 3 aromatic rings. The number of nitrogens with zero attached hydrogens (tertiary/aromatic N) is 5. The summed E-state index contributed by atoms with van der Waals surface area (Å²) in [6, 6.07) is 9.90. The summed E-state index contributed by atoms with van der Waals surface area (Å²) in [5.41, 5.74) is 0.529. The molecule has 0 spiro atoms. The topological polar surface area (TPSA) is 87.4 Å². The van der Waals surface area contributed by atoms with Crippen molar-refractivity contribution in [2.75, 3.05) is 36.4 Å². The minimum atomic E-state index is -0.281. The van der Waals surface area contributed by atoms with Gasteiger partial charge in [0.1, 0.15) is 5.82 Å². The fourth-order valence-electron chi connectivity index (χ4n) is 3.03. The van der Waals surface area contributed by atoms with Crippen LogP contribution in [0, 0.1) is 5.82 Å². The van der Waals surface area contributed by atoms with Crippen LogP contribution in [-0.4, -0.2) is 52.2 Å². The summed E-state index contributed by atoms with van der Waals surface area (Å²) in [7, 11) is 0. The predicted molar refractivity (Wildman–Crippen MR) is 100 cm³/mol. The maximum Gasteiger partial charge on any atom is 0.289 e. The van der Waals surface area contributed by atoms with E-state index in [2.05, 4.69) is 20.5 Å². The van der Waals surface area contributed by atoms with Gasteiger partial charge in [-0.05, 0) is 18.2 Å². The Morgan fingerprint density at radius 1 is 1.14 bits per heavy atom. The second-order valence-corrected chi connectivity index (χ2v) is 6.34. The van der Waals surface area contributed by atoms with Crippen LogP contribution in [-0.2, 0) is 6.54 Å². The predicted octanol–water partition coefficient (Wildman–Crippen LogP) is 2.18. The minimum absolute atomic E-state index is 0.113. The standard InChI is InChI=1S/C19H19FN6O2/c20-15-5-2-1-4-14(15)12-21-19-23-17(13-22-24-19)25-7-9-26(10-8-25)18(27)16-6-3-11-28-16/h1-6,11,13H,7-10,12H2,(H,21,23,24). The Balaban J connectivity index is 1.36. The van der Waals surface area contributed by atoms with E-state index in [1.54, 1.807) is 41.4 Å². The van der Waals surface area contributed by atoms with E-state index in [1.165, 1.54) is 12.3 Å². The number of benzene rings is 1. The third-order valence-electron chi connectivity index (χ3n) is 4.56. The van der Waals surface area contributed by atoms with Gasteiger partial charge in [-0.15, -0.1) is 5.10 Å². The number of rotatable bonds is 5. The zero-order chi connectivity index (χ0) is 19.3. The molecule has 0 atom stereocenters. The molecule has 0 saturated carbocycles. The molecule has 1 fully saturated rings. The first-order valence-electron chi connectivity index (χ1n) is 8.95. The molecule has 1 amide bonds. The maximum absolute atomic E-state index is 13.7. The Kier molecular flexibility index (Phi) is 5.14. The lowest BCUT2D eigenvalue weighted by Crippen LogP contribution is -2.49. The number of furan rings is 1. The van der Waals surface area contributed by atoms with Crippen LogP contribution in [0.1, 0.15) is 16.1 Å². The van der Waals surface area contributed by atoms with Crippen LogP contribution in [0.25, 0.3) is 0 Å². The third kappa shape index (κ3) is 3.93. The second-order valence-electron chi connectivity index (χ2n) is 6.34. The number of halogens is 1. The molecule has 1 aliphatic heterocycles. The van der Waals surface area contributed by atoms with Gasteiger partial charge >= 0.3 is 0 Å². The molecular weight excluding hydrogens is 363 g/mol. The normalized spacial score (nSPS) is 14.2. The van der Waals surface area contributed by atoms with Crippen molar-refractivity contribution in [3.05, 3.63) is 66.0 Å². The Morgan fingerprint density at radius 2 is 1.96 bits per heavy atom. The SMILES string of the molecule is O=C(c1ccco1)N1CCN(c2cnnc(NCc3ccccc3F)n2)CC1. The van der Waals surface area contributed by atoms with Gasteiger partial charge in [-0.3, -0.25) is 4.79 Å². The summed E-state index contributed by atoms with van der Waals surface area (Å²) in [5.74, 6) is 0.942. The summed E-state index contributed by atoms with van der Waals surface area (Å²) in [6.45, 7) is 2.63. The van der Waals surface area contributed by atoms with Crippen molar-refractivity contribution in [3.63, 3.8) is 0 Å². The summed E-state index contributed by atoms with van der Waals surface area (Å²) in [4.78, 5) is 20.6. The van der Waals surface area contributed by atoms with E-state index in [0.717, 1.165) is 0 Å². The molecule has 0 aliphatic carbocycles. The largest absolute Gasteiger partial charge is 0.459 e. The van der Waals surface area contributed by atoms with E-state index >= 15 is 0 Å². The first kappa shape index (κ1) is 17.9. The van der Waals surface area contributed by atoms with Crippen molar-refractivity contribution < 1.29 is 13.6 Å². The highest BCUT2D eigenvalue weighted by Gasteiger charge is 2.24. The highest BCUT2D eigenvalue weighted by atomic mass is 19.1. The number of nitrogens with one attached hydrogen (secondary N) is 1. The van der Waals surface area contributed by atoms with Gasteiger partial charge in [0.2, 0.25) is 5.95 Å². The molecule has 2 aromatic heterocycles. The molecule has 1 aliphatic rings. The van der Waals surface area contributed by atoms with E-state index in [1.807, 2.05) is 4.90 Å². The van der Waals surface area contributed by atoms with E-state index < -0.39 is 0 Å². The lowest BCUT2D eigenvalue weighted by atomic mass is 10.2. The van der Waals surface area contributed by atoms with Crippen LogP contribution in [0.4, 0.5) is 16.2 Å². The van der Waals surface area contributed by atoms with E-state index in [0.29, 0.717) is 49.3 Å². The average molecular weight is 382 g/mol. The number of carbonyl (C=O) groups is 1. The second kappa shape index (κ2) is 8.03. The average Bonchev–Trinajstić information content (AvgIpc) is 3.28. The van der Waals surface area contributed by atoms with Crippen molar-refractivity contribution in [1.29, 1.82) is 0 Å². The molecule has 0 bridgehead atoms. The van der Waals surface area contributed by atoms with E-state index in [-0.39, 0.29) is 18.3 Å². The number of anilines is 2.